The van der Waals surface area contributed by atoms with E-state index in [1.807, 2.05) is 6.07 Å². The van der Waals surface area contributed by atoms with Crippen LogP contribution in [0.15, 0.2) is 46.9 Å². The molecule has 0 saturated heterocycles. The standard InChI is InChI=1S/C14H9BrN2O2/c15-9-5-1-2-7-11(9)17-13(18)8-4-3-6-10(16)12(8)14(17)19/h1-7H,16H2. The molecule has 1 aliphatic rings. The summed E-state index contributed by atoms with van der Waals surface area (Å²) in [5.74, 6) is -0.732. The normalized spacial score (nSPS) is 13.8. The van der Waals surface area contributed by atoms with Crippen molar-refractivity contribution in [3.63, 3.8) is 0 Å². The monoisotopic (exact) mass is 316 g/mol. The molecule has 0 aliphatic carbocycles. The minimum absolute atomic E-state index is 0.281. The fourth-order valence-corrected chi connectivity index (χ4v) is 2.63. The van der Waals surface area contributed by atoms with Crippen molar-refractivity contribution in [2.75, 3.05) is 10.6 Å². The molecule has 2 aromatic rings. The van der Waals surface area contributed by atoms with Gasteiger partial charge in [-0.2, -0.15) is 0 Å². The van der Waals surface area contributed by atoms with Crippen LogP contribution in [0.2, 0.25) is 0 Å². The largest absolute Gasteiger partial charge is 0.398 e. The average Bonchev–Trinajstić information content (AvgIpc) is 2.64. The van der Waals surface area contributed by atoms with Gasteiger partial charge in [0.15, 0.2) is 0 Å². The van der Waals surface area contributed by atoms with E-state index in [0.29, 0.717) is 21.4 Å². The zero-order valence-electron chi connectivity index (χ0n) is 9.76. The molecule has 0 bridgehead atoms. The molecule has 1 heterocycles. The Kier molecular flexibility index (Phi) is 2.64. The molecule has 0 aromatic heterocycles. The summed E-state index contributed by atoms with van der Waals surface area (Å²) in [7, 11) is 0. The maximum atomic E-state index is 12.4. The van der Waals surface area contributed by atoms with E-state index in [4.69, 9.17) is 5.73 Å². The summed E-state index contributed by atoms with van der Waals surface area (Å²) in [4.78, 5) is 25.9. The van der Waals surface area contributed by atoms with Crippen molar-refractivity contribution < 1.29 is 9.59 Å². The number of fused-ring (bicyclic) bond motifs is 1. The molecule has 19 heavy (non-hydrogen) atoms. The van der Waals surface area contributed by atoms with Crippen LogP contribution in [0.3, 0.4) is 0 Å². The Morgan fingerprint density at radius 2 is 1.68 bits per heavy atom. The predicted octanol–water partition coefficient (Wildman–Crippen LogP) is 2.83. The third-order valence-electron chi connectivity index (χ3n) is 3.04. The van der Waals surface area contributed by atoms with Gasteiger partial charge < -0.3 is 5.73 Å². The Balaban J connectivity index is 2.19. The van der Waals surface area contributed by atoms with E-state index in [2.05, 4.69) is 15.9 Å². The van der Waals surface area contributed by atoms with Crippen LogP contribution in [0, 0.1) is 0 Å². The molecule has 0 atom stereocenters. The minimum atomic E-state index is -0.384. The van der Waals surface area contributed by atoms with Crippen LogP contribution in [0.25, 0.3) is 0 Å². The SMILES string of the molecule is Nc1cccc2c1C(=O)N(c1ccccc1Br)C2=O. The van der Waals surface area contributed by atoms with E-state index in [-0.39, 0.29) is 17.4 Å². The Labute approximate surface area is 118 Å². The van der Waals surface area contributed by atoms with Gasteiger partial charge in [0.05, 0.1) is 16.8 Å². The second-order valence-corrected chi connectivity index (χ2v) is 5.02. The van der Waals surface area contributed by atoms with Crippen LogP contribution in [-0.2, 0) is 0 Å². The van der Waals surface area contributed by atoms with E-state index in [0.717, 1.165) is 4.90 Å². The van der Waals surface area contributed by atoms with Crippen molar-refractivity contribution in [1.82, 2.24) is 0 Å². The van der Waals surface area contributed by atoms with Crippen molar-refractivity contribution >= 4 is 39.1 Å². The second kappa shape index (κ2) is 4.20. The highest BCUT2D eigenvalue weighted by atomic mass is 79.9. The lowest BCUT2D eigenvalue weighted by molar-refractivity contribution is 0.0926. The number of hydrogen-bond donors (Lipinski definition) is 1. The van der Waals surface area contributed by atoms with Gasteiger partial charge in [0.1, 0.15) is 0 Å². The van der Waals surface area contributed by atoms with E-state index in [1.54, 1.807) is 36.4 Å². The van der Waals surface area contributed by atoms with Gasteiger partial charge in [-0.25, -0.2) is 4.90 Å². The molecule has 2 N–H and O–H groups in total. The van der Waals surface area contributed by atoms with E-state index in [1.165, 1.54) is 0 Å². The van der Waals surface area contributed by atoms with Crippen LogP contribution in [0.1, 0.15) is 20.7 Å². The van der Waals surface area contributed by atoms with Crippen molar-refractivity contribution in [2.45, 2.75) is 0 Å². The molecule has 1 aliphatic heterocycles. The fraction of sp³-hybridized carbons (Fsp3) is 0. The highest BCUT2D eigenvalue weighted by molar-refractivity contribution is 9.10. The number of halogens is 1. The number of carbonyl (C=O) groups is 2. The zero-order valence-corrected chi connectivity index (χ0v) is 11.3. The summed E-state index contributed by atoms with van der Waals surface area (Å²) in [6, 6.07) is 12.0. The second-order valence-electron chi connectivity index (χ2n) is 4.17. The third kappa shape index (κ3) is 1.66. The van der Waals surface area contributed by atoms with Gasteiger partial charge >= 0.3 is 0 Å². The lowest BCUT2D eigenvalue weighted by Gasteiger charge is -2.15. The number of para-hydroxylation sites is 1. The molecule has 0 spiro atoms. The Morgan fingerprint density at radius 3 is 2.37 bits per heavy atom. The maximum absolute atomic E-state index is 12.4. The zero-order chi connectivity index (χ0) is 13.6. The summed E-state index contributed by atoms with van der Waals surface area (Å²) >= 11 is 3.35. The molecule has 94 valence electrons. The number of nitrogen functional groups attached to an aromatic ring is 1. The first kappa shape index (κ1) is 11.9. The minimum Gasteiger partial charge on any atom is -0.398 e. The van der Waals surface area contributed by atoms with Crippen molar-refractivity contribution in [3.8, 4) is 0 Å². The number of nitrogens with two attached hydrogens (primary N) is 1. The number of amides is 2. The summed E-state index contributed by atoms with van der Waals surface area (Å²) < 4.78 is 0.683. The molecule has 4 nitrogen and oxygen atoms in total. The molecule has 0 saturated carbocycles. The molecule has 0 radical (unpaired) electrons. The Morgan fingerprint density at radius 1 is 0.947 bits per heavy atom. The molecule has 0 unspecified atom stereocenters. The highest BCUT2D eigenvalue weighted by Crippen LogP contribution is 2.35. The number of hydrogen-bond acceptors (Lipinski definition) is 3. The fourth-order valence-electron chi connectivity index (χ4n) is 2.16. The van der Waals surface area contributed by atoms with Gasteiger partial charge in [-0.3, -0.25) is 9.59 Å². The maximum Gasteiger partial charge on any atom is 0.268 e. The van der Waals surface area contributed by atoms with Gasteiger partial charge in [0, 0.05) is 10.2 Å². The Bertz CT molecular complexity index is 712. The molecule has 2 aromatic carbocycles. The Hall–Kier alpha value is -2.14. The first-order chi connectivity index (χ1) is 9.11. The van der Waals surface area contributed by atoms with Crippen molar-refractivity contribution in [3.05, 3.63) is 58.1 Å². The number of nitrogens with zero attached hydrogens (tertiary/aromatic N) is 1. The molecule has 5 heteroatoms. The van der Waals surface area contributed by atoms with Gasteiger partial charge in [0.2, 0.25) is 0 Å². The summed E-state index contributed by atoms with van der Waals surface area (Å²) in [5.41, 5.74) is 7.27. The number of anilines is 2. The van der Waals surface area contributed by atoms with Crippen LogP contribution >= 0.6 is 15.9 Å². The van der Waals surface area contributed by atoms with Crippen LogP contribution < -0.4 is 10.6 Å². The smallest absolute Gasteiger partial charge is 0.268 e. The van der Waals surface area contributed by atoms with Crippen LogP contribution in [-0.4, -0.2) is 11.8 Å². The van der Waals surface area contributed by atoms with E-state index < -0.39 is 0 Å². The van der Waals surface area contributed by atoms with E-state index >= 15 is 0 Å². The van der Waals surface area contributed by atoms with E-state index in [9.17, 15) is 9.59 Å². The first-order valence-corrected chi connectivity index (χ1v) is 6.42. The first-order valence-electron chi connectivity index (χ1n) is 5.63. The van der Waals surface area contributed by atoms with Crippen LogP contribution in [0.4, 0.5) is 11.4 Å². The molecular formula is C14H9BrN2O2. The van der Waals surface area contributed by atoms with Crippen LogP contribution in [0.5, 0.6) is 0 Å². The number of carbonyl (C=O) groups excluding carboxylic acids is 2. The lowest BCUT2D eigenvalue weighted by atomic mass is 10.1. The number of rotatable bonds is 1. The third-order valence-corrected chi connectivity index (χ3v) is 3.71. The number of benzene rings is 2. The summed E-state index contributed by atoms with van der Waals surface area (Å²) in [6.07, 6.45) is 0. The predicted molar refractivity (Wildman–Crippen MR) is 76.1 cm³/mol. The van der Waals surface area contributed by atoms with Crippen molar-refractivity contribution in [1.29, 1.82) is 0 Å². The lowest BCUT2D eigenvalue weighted by Crippen LogP contribution is -2.29. The number of imide groups is 1. The topological polar surface area (TPSA) is 63.4 Å². The van der Waals surface area contributed by atoms with Gasteiger partial charge in [-0.15, -0.1) is 0 Å². The van der Waals surface area contributed by atoms with Crippen molar-refractivity contribution in [2.24, 2.45) is 0 Å². The molecule has 0 fully saturated rings. The van der Waals surface area contributed by atoms with Gasteiger partial charge in [-0.05, 0) is 40.2 Å². The quantitative estimate of drug-likeness (QED) is 0.650. The average molecular weight is 317 g/mol. The van der Waals surface area contributed by atoms with Gasteiger partial charge in [0.25, 0.3) is 11.8 Å². The molecule has 2 amide bonds. The molecule has 3 rings (SSSR count). The summed E-state index contributed by atoms with van der Waals surface area (Å²) in [6.45, 7) is 0. The highest BCUT2D eigenvalue weighted by Gasteiger charge is 2.38. The molecular weight excluding hydrogens is 308 g/mol. The van der Waals surface area contributed by atoms with Gasteiger partial charge in [-0.1, -0.05) is 18.2 Å². The summed E-state index contributed by atoms with van der Waals surface area (Å²) in [5, 5.41) is 0.